The molecule has 1 aliphatic heterocycles. The quantitative estimate of drug-likeness (QED) is 0.539. The Kier molecular flexibility index (Phi) is 6.80. The molecule has 0 spiro atoms. The van der Waals surface area contributed by atoms with E-state index in [1.807, 2.05) is 28.8 Å². The maximum atomic E-state index is 12.3. The minimum absolute atomic E-state index is 0.0575. The van der Waals surface area contributed by atoms with Gasteiger partial charge in [-0.15, -0.1) is 34.0 Å². The number of hydrogen-bond donors (Lipinski definition) is 1. The van der Waals surface area contributed by atoms with Crippen molar-refractivity contribution in [3.63, 3.8) is 0 Å². The SMILES string of the molecule is O=C(Cc1csc(-c2ccc(Cl)s2)n1)NCC1CCN(Cc2cccs2)CC1. The first-order valence-electron chi connectivity index (χ1n) is 9.37. The largest absolute Gasteiger partial charge is 0.355 e. The van der Waals surface area contributed by atoms with Crippen LogP contribution in [0.4, 0.5) is 0 Å². The number of carbonyl (C=O) groups is 1. The molecule has 1 fully saturated rings. The first kappa shape index (κ1) is 20.0. The summed E-state index contributed by atoms with van der Waals surface area (Å²) < 4.78 is 0.755. The topological polar surface area (TPSA) is 45.2 Å². The molecule has 0 saturated carbocycles. The highest BCUT2D eigenvalue weighted by atomic mass is 35.5. The molecule has 3 aromatic heterocycles. The monoisotopic (exact) mass is 451 g/mol. The number of carbonyl (C=O) groups excluding carboxylic acids is 1. The lowest BCUT2D eigenvalue weighted by atomic mass is 9.96. The Labute approximate surface area is 182 Å². The molecular weight excluding hydrogens is 430 g/mol. The van der Waals surface area contributed by atoms with E-state index in [4.69, 9.17) is 11.6 Å². The van der Waals surface area contributed by atoms with Crippen molar-refractivity contribution in [1.29, 1.82) is 0 Å². The Morgan fingerprint density at radius 1 is 1.25 bits per heavy atom. The highest BCUT2D eigenvalue weighted by molar-refractivity contribution is 7.23. The van der Waals surface area contributed by atoms with E-state index in [0.717, 1.165) is 58.9 Å². The van der Waals surface area contributed by atoms with Crippen LogP contribution in [0.25, 0.3) is 9.88 Å². The van der Waals surface area contributed by atoms with Crippen LogP contribution in [0.3, 0.4) is 0 Å². The fraction of sp³-hybridized carbons (Fsp3) is 0.400. The molecule has 0 radical (unpaired) electrons. The molecule has 0 unspecified atom stereocenters. The lowest BCUT2D eigenvalue weighted by Crippen LogP contribution is -2.38. The molecule has 1 saturated heterocycles. The lowest BCUT2D eigenvalue weighted by molar-refractivity contribution is -0.120. The summed E-state index contributed by atoms with van der Waals surface area (Å²) in [5.74, 6) is 0.630. The number of amides is 1. The van der Waals surface area contributed by atoms with Gasteiger partial charge in [-0.2, -0.15) is 0 Å². The van der Waals surface area contributed by atoms with Crippen molar-refractivity contribution in [3.8, 4) is 9.88 Å². The molecule has 4 rings (SSSR count). The molecule has 4 nitrogen and oxygen atoms in total. The Hall–Kier alpha value is -1.25. The Morgan fingerprint density at radius 3 is 2.82 bits per heavy atom. The molecule has 8 heteroatoms. The van der Waals surface area contributed by atoms with Gasteiger partial charge in [0.1, 0.15) is 5.01 Å². The zero-order valence-electron chi connectivity index (χ0n) is 15.4. The second kappa shape index (κ2) is 9.50. The van der Waals surface area contributed by atoms with Crippen molar-refractivity contribution in [2.24, 2.45) is 5.92 Å². The molecule has 4 heterocycles. The predicted molar refractivity (Wildman–Crippen MR) is 119 cm³/mol. The Balaban J connectivity index is 1.18. The Morgan fingerprint density at radius 2 is 2.11 bits per heavy atom. The van der Waals surface area contributed by atoms with Crippen molar-refractivity contribution in [3.05, 3.63) is 49.9 Å². The minimum atomic E-state index is 0.0575. The van der Waals surface area contributed by atoms with E-state index < -0.39 is 0 Å². The third kappa shape index (κ3) is 5.42. The standard InChI is InChI=1S/C20H22ClN3OS3/c21-18-4-3-17(28-18)20-23-15(13-27-20)10-19(25)22-11-14-5-7-24(8-6-14)12-16-2-1-9-26-16/h1-4,9,13-14H,5-8,10-12H2,(H,22,25). The van der Waals surface area contributed by atoms with Crippen LogP contribution in [0.15, 0.2) is 35.0 Å². The molecule has 0 bridgehead atoms. The van der Waals surface area contributed by atoms with Crippen molar-refractivity contribution >= 4 is 51.5 Å². The normalized spacial score (nSPS) is 15.8. The number of halogens is 1. The van der Waals surface area contributed by atoms with Crippen LogP contribution in [-0.4, -0.2) is 35.4 Å². The van der Waals surface area contributed by atoms with E-state index in [9.17, 15) is 4.79 Å². The van der Waals surface area contributed by atoms with Crippen LogP contribution in [0.2, 0.25) is 4.34 Å². The summed E-state index contributed by atoms with van der Waals surface area (Å²) in [7, 11) is 0. The molecule has 1 N–H and O–H groups in total. The lowest BCUT2D eigenvalue weighted by Gasteiger charge is -2.31. The zero-order valence-corrected chi connectivity index (χ0v) is 18.6. The van der Waals surface area contributed by atoms with E-state index in [2.05, 4.69) is 32.7 Å². The fourth-order valence-corrected chi connectivity index (χ4v) is 6.07. The minimum Gasteiger partial charge on any atom is -0.355 e. The summed E-state index contributed by atoms with van der Waals surface area (Å²) in [6.07, 6.45) is 2.63. The van der Waals surface area contributed by atoms with Gasteiger partial charge in [-0.1, -0.05) is 17.7 Å². The number of nitrogens with one attached hydrogen (secondary N) is 1. The first-order valence-corrected chi connectivity index (χ1v) is 12.3. The number of nitrogens with zero attached hydrogens (tertiary/aromatic N) is 2. The van der Waals surface area contributed by atoms with Crippen molar-refractivity contribution < 1.29 is 4.79 Å². The van der Waals surface area contributed by atoms with Crippen molar-refractivity contribution in [2.75, 3.05) is 19.6 Å². The van der Waals surface area contributed by atoms with Gasteiger partial charge in [-0.05, 0) is 55.4 Å². The van der Waals surface area contributed by atoms with Gasteiger partial charge >= 0.3 is 0 Å². The second-order valence-corrected chi connectivity index (χ2v) is 10.6. The molecular formula is C20H22ClN3OS3. The fourth-order valence-electron chi connectivity index (χ4n) is 3.39. The smallest absolute Gasteiger partial charge is 0.226 e. The molecule has 0 aliphatic carbocycles. The van der Waals surface area contributed by atoms with Crippen molar-refractivity contribution in [2.45, 2.75) is 25.8 Å². The maximum absolute atomic E-state index is 12.3. The van der Waals surface area contributed by atoms with Gasteiger partial charge in [-0.3, -0.25) is 9.69 Å². The highest BCUT2D eigenvalue weighted by Gasteiger charge is 2.20. The van der Waals surface area contributed by atoms with Crippen LogP contribution >= 0.6 is 45.6 Å². The molecule has 0 atom stereocenters. The molecule has 3 aromatic rings. The average molecular weight is 452 g/mol. The van der Waals surface area contributed by atoms with Gasteiger partial charge in [0.2, 0.25) is 5.91 Å². The summed E-state index contributed by atoms with van der Waals surface area (Å²) in [6.45, 7) is 4.04. The summed E-state index contributed by atoms with van der Waals surface area (Å²) in [6, 6.07) is 8.17. The highest BCUT2D eigenvalue weighted by Crippen LogP contribution is 2.33. The van der Waals surface area contributed by atoms with Gasteiger partial charge in [-0.25, -0.2) is 4.98 Å². The molecule has 1 aliphatic rings. The summed E-state index contributed by atoms with van der Waals surface area (Å²) in [5, 5.41) is 8.13. The third-order valence-corrected chi connectivity index (χ3v) is 8.08. The Bertz CT molecular complexity index is 898. The van der Waals surface area contributed by atoms with Gasteiger partial charge in [0.05, 0.1) is 21.3 Å². The van der Waals surface area contributed by atoms with Gasteiger partial charge in [0.25, 0.3) is 0 Å². The van der Waals surface area contributed by atoms with E-state index in [1.165, 1.54) is 16.2 Å². The van der Waals surface area contributed by atoms with Crippen LogP contribution in [0.1, 0.15) is 23.4 Å². The van der Waals surface area contributed by atoms with E-state index >= 15 is 0 Å². The number of likely N-dealkylation sites (tertiary alicyclic amines) is 1. The van der Waals surface area contributed by atoms with Crippen LogP contribution in [-0.2, 0) is 17.8 Å². The summed E-state index contributed by atoms with van der Waals surface area (Å²) in [4.78, 5) is 21.9. The molecule has 1 amide bonds. The second-order valence-electron chi connectivity index (χ2n) is 7.03. The molecule has 28 heavy (non-hydrogen) atoms. The number of aromatic nitrogens is 1. The first-order chi connectivity index (χ1) is 13.7. The number of rotatable bonds is 7. The van der Waals surface area contributed by atoms with Gasteiger partial charge < -0.3 is 5.32 Å². The van der Waals surface area contributed by atoms with E-state index in [0.29, 0.717) is 12.3 Å². The molecule has 148 valence electrons. The third-order valence-electron chi connectivity index (χ3n) is 4.93. The maximum Gasteiger partial charge on any atom is 0.226 e. The van der Waals surface area contributed by atoms with Crippen LogP contribution < -0.4 is 5.32 Å². The van der Waals surface area contributed by atoms with Crippen LogP contribution in [0, 0.1) is 5.92 Å². The van der Waals surface area contributed by atoms with Crippen molar-refractivity contribution in [1.82, 2.24) is 15.2 Å². The zero-order chi connectivity index (χ0) is 19.3. The number of piperidine rings is 1. The van der Waals surface area contributed by atoms with E-state index in [-0.39, 0.29) is 5.91 Å². The van der Waals surface area contributed by atoms with E-state index in [1.54, 1.807) is 11.3 Å². The van der Waals surface area contributed by atoms with Gasteiger partial charge in [0.15, 0.2) is 0 Å². The van der Waals surface area contributed by atoms with Crippen LogP contribution in [0.5, 0.6) is 0 Å². The summed E-state index contributed by atoms with van der Waals surface area (Å²) in [5.41, 5.74) is 0.827. The van der Waals surface area contributed by atoms with Gasteiger partial charge in [0, 0.05) is 23.3 Å². The number of thiazole rings is 1. The number of thiophene rings is 2. The number of hydrogen-bond acceptors (Lipinski definition) is 6. The molecule has 0 aromatic carbocycles. The average Bonchev–Trinajstić information content (AvgIpc) is 3.44. The predicted octanol–water partition coefficient (Wildman–Crippen LogP) is 5.16. The summed E-state index contributed by atoms with van der Waals surface area (Å²) >= 11 is 10.9.